The van der Waals surface area contributed by atoms with Gasteiger partial charge in [-0.25, -0.2) is 0 Å². The first-order valence-corrected chi connectivity index (χ1v) is 8.19. The van der Waals surface area contributed by atoms with Crippen LogP contribution < -0.4 is 10.9 Å². The van der Waals surface area contributed by atoms with Crippen LogP contribution in [0.1, 0.15) is 38.8 Å². The Balaban J connectivity index is 2.17. The standard InChI is InChI=1S/C20H24N2O/c1-13(2)11-15-9-5-7-14-8-6-10-16(18(14)15)12-17-20(3,4)19(23)22-21-17/h5-10,12-13,21H,11H2,1-4H3,(H,22,23)/b17-12-. The van der Waals surface area contributed by atoms with E-state index in [0.717, 1.165) is 17.7 Å². The number of amides is 1. The normalized spacial score (nSPS) is 18.5. The van der Waals surface area contributed by atoms with Crippen molar-refractivity contribution in [2.24, 2.45) is 11.3 Å². The number of hydrazine groups is 1. The van der Waals surface area contributed by atoms with Crippen molar-refractivity contribution in [3.63, 3.8) is 0 Å². The topological polar surface area (TPSA) is 41.1 Å². The van der Waals surface area contributed by atoms with Gasteiger partial charge in [-0.2, -0.15) is 0 Å². The lowest BCUT2D eigenvalue weighted by Gasteiger charge is -2.16. The Hall–Kier alpha value is -2.29. The molecule has 0 unspecified atom stereocenters. The van der Waals surface area contributed by atoms with Gasteiger partial charge in [0.05, 0.1) is 5.41 Å². The van der Waals surface area contributed by atoms with Crippen molar-refractivity contribution in [3.05, 3.63) is 53.2 Å². The molecule has 0 saturated carbocycles. The van der Waals surface area contributed by atoms with Gasteiger partial charge < -0.3 is 5.43 Å². The molecule has 1 saturated heterocycles. The van der Waals surface area contributed by atoms with Crippen LogP contribution in [0.4, 0.5) is 0 Å². The summed E-state index contributed by atoms with van der Waals surface area (Å²) < 4.78 is 0. The van der Waals surface area contributed by atoms with E-state index >= 15 is 0 Å². The van der Waals surface area contributed by atoms with Gasteiger partial charge in [0.15, 0.2) is 0 Å². The minimum absolute atomic E-state index is 0.00592. The van der Waals surface area contributed by atoms with Crippen molar-refractivity contribution >= 4 is 22.8 Å². The molecule has 0 radical (unpaired) electrons. The summed E-state index contributed by atoms with van der Waals surface area (Å²) in [6.07, 6.45) is 3.15. The molecule has 1 amide bonds. The molecule has 3 rings (SSSR count). The van der Waals surface area contributed by atoms with Gasteiger partial charge >= 0.3 is 0 Å². The van der Waals surface area contributed by atoms with Crippen molar-refractivity contribution in [2.75, 3.05) is 0 Å². The summed E-state index contributed by atoms with van der Waals surface area (Å²) in [4.78, 5) is 12.0. The van der Waals surface area contributed by atoms with Crippen molar-refractivity contribution < 1.29 is 4.79 Å². The molecule has 3 heteroatoms. The fourth-order valence-electron chi connectivity index (χ4n) is 3.11. The molecule has 0 bridgehead atoms. The van der Waals surface area contributed by atoms with Gasteiger partial charge in [-0.1, -0.05) is 50.2 Å². The zero-order chi connectivity index (χ0) is 16.6. The highest BCUT2D eigenvalue weighted by Crippen LogP contribution is 2.32. The molecule has 23 heavy (non-hydrogen) atoms. The Bertz CT molecular complexity index is 782. The third-order valence-electron chi connectivity index (χ3n) is 4.50. The number of hydrogen-bond donors (Lipinski definition) is 2. The molecule has 2 aromatic carbocycles. The highest BCUT2D eigenvalue weighted by molar-refractivity contribution is 5.95. The third-order valence-corrected chi connectivity index (χ3v) is 4.50. The molecule has 0 atom stereocenters. The van der Waals surface area contributed by atoms with Crippen LogP contribution in [0, 0.1) is 11.3 Å². The van der Waals surface area contributed by atoms with E-state index in [1.54, 1.807) is 0 Å². The quantitative estimate of drug-likeness (QED) is 0.898. The molecule has 0 aliphatic carbocycles. The van der Waals surface area contributed by atoms with Gasteiger partial charge in [-0.15, -0.1) is 0 Å². The monoisotopic (exact) mass is 308 g/mol. The lowest BCUT2D eigenvalue weighted by molar-refractivity contribution is -0.125. The first-order chi connectivity index (χ1) is 10.9. The molecule has 1 heterocycles. The SMILES string of the molecule is CC(C)Cc1cccc2cccc(/C=C3\NNC(=O)C3(C)C)c12. The Morgan fingerprint density at radius 1 is 1.09 bits per heavy atom. The second kappa shape index (κ2) is 5.73. The molecular formula is C20H24N2O. The first-order valence-electron chi connectivity index (χ1n) is 8.19. The largest absolute Gasteiger partial charge is 0.302 e. The minimum Gasteiger partial charge on any atom is -0.302 e. The van der Waals surface area contributed by atoms with Crippen LogP contribution in [0.5, 0.6) is 0 Å². The van der Waals surface area contributed by atoms with Gasteiger partial charge in [0.1, 0.15) is 0 Å². The fraction of sp³-hybridized carbons (Fsp3) is 0.350. The van der Waals surface area contributed by atoms with Crippen LogP contribution in [-0.2, 0) is 11.2 Å². The van der Waals surface area contributed by atoms with Crippen molar-refractivity contribution in [2.45, 2.75) is 34.1 Å². The van der Waals surface area contributed by atoms with E-state index in [1.807, 2.05) is 13.8 Å². The number of carbonyl (C=O) groups excluding carboxylic acids is 1. The van der Waals surface area contributed by atoms with Crippen LogP contribution in [0.15, 0.2) is 42.1 Å². The van der Waals surface area contributed by atoms with E-state index in [4.69, 9.17) is 0 Å². The van der Waals surface area contributed by atoms with Gasteiger partial charge in [0, 0.05) is 5.70 Å². The molecule has 2 aromatic rings. The van der Waals surface area contributed by atoms with Gasteiger partial charge in [0.2, 0.25) is 5.91 Å². The van der Waals surface area contributed by atoms with E-state index < -0.39 is 5.41 Å². The Morgan fingerprint density at radius 3 is 2.39 bits per heavy atom. The Morgan fingerprint density at radius 2 is 1.78 bits per heavy atom. The van der Waals surface area contributed by atoms with Crippen molar-refractivity contribution in [3.8, 4) is 0 Å². The molecule has 0 spiro atoms. The lowest BCUT2D eigenvalue weighted by atomic mass is 9.87. The number of hydrogen-bond acceptors (Lipinski definition) is 2. The summed E-state index contributed by atoms with van der Waals surface area (Å²) in [5.41, 5.74) is 8.65. The molecule has 120 valence electrons. The number of rotatable bonds is 3. The van der Waals surface area contributed by atoms with E-state index in [2.05, 4.69) is 67.2 Å². The maximum absolute atomic E-state index is 12.0. The predicted octanol–water partition coefficient (Wildman–Crippen LogP) is 4.04. The predicted molar refractivity (Wildman–Crippen MR) is 95.5 cm³/mol. The van der Waals surface area contributed by atoms with Crippen LogP contribution in [0.3, 0.4) is 0 Å². The lowest BCUT2D eigenvalue weighted by Crippen LogP contribution is -2.28. The number of benzene rings is 2. The zero-order valence-electron chi connectivity index (χ0n) is 14.2. The molecule has 3 nitrogen and oxygen atoms in total. The number of nitrogens with one attached hydrogen (secondary N) is 2. The number of fused-ring (bicyclic) bond motifs is 1. The van der Waals surface area contributed by atoms with E-state index in [0.29, 0.717) is 5.92 Å². The molecule has 1 aliphatic rings. The molecule has 1 aliphatic heterocycles. The molecule has 2 N–H and O–H groups in total. The smallest absolute Gasteiger partial charge is 0.249 e. The van der Waals surface area contributed by atoms with E-state index in [1.165, 1.54) is 16.3 Å². The van der Waals surface area contributed by atoms with E-state index in [-0.39, 0.29) is 5.91 Å². The fourth-order valence-corrected chi connectivity index (χ4v) is 3.11. The third kappa shape index (κ3) is 2.83. The van der Waals surface area contributed by atoms with Crippen LogP contribution >= 0.6 is 0 Å². The summed E-state index contributed by atoms with van der Waals surface area (Å²) in [6.45, 7) is 8.36. The number of carbonyl (C=O) groups is 1. The Kier molecular flexibility index (Phi) is 3.88. The molecule has 0 aromatic heterocycles. The van der Waals surface area contributed by atoms with Crippen LogP contribution in [0.2, 0.25) is 0 Å². The van der Waals surface area contributed by atoms with Gasteiger partial charge in [-0.3, -0.25) is 10.2 Å². The second-order valence-electron chi connectivity index (χ2n) is 7.22. The van der Waals surface area contributed by atoms with Gasteiger partial charge in [0.25, 0.3) is 0 Å². The highest BCUT2D eigenvalue weighted by atomic mass is 16.2. The van der Waals surface area contributed by atoms with Crippen LogP contribution in [0.25, 0.3) is 16.8 Å². The highest BCUT2D eigenvalue weighted by Gasteiger charge is 2.37. The Labute approximate surface area is 137 Å². The summed E-state index contributed by atoms with van der Waals surface area (Å²) in [6, 6.07) is 12.8. The van der Waals surface area contributed by atoms with Gasteiger partial charge in [-0.05, 0) is 54.2 Å². The maximum atomic E-state index is 12.0. The molecular weight excluding hydrogens is 284 g/mol. The summed E-state index contributed by atoms with van der Waals surface area (Å²) in [7, 11) is 0. The van der Waals surface area contributed by atoms with Crippen LogP contribution in [-0.4, -0.2) is 5.91 Å². The first kappa shape index (κ1) is 15.6. The minimum atomic E-state index is -0.533. The summed E-state index contributed by atoms with van der Waals surface area (Å²) >= 11 is 0. The van der Waals surface area contributed by atoms with E-state index in [9.17, 15) is 4.79 Å². The van der Waals surface area contributed by atoms with Crippen molar-refractivity contribution in [1.29, 1.82) is 0 Å². The average molecular weight is 308 g/mol. The molecule has 1 fully saturated rings. The average Bonchev–Trinajstić information content (AvgIpc) is 2.74. The van der Waals surface area contributed by atoms with Crippen molar-refractivity contribution in [1.82, 2.24) is 10.9 Å². The zero-order valence-corrected chi connectivity index (χ0v) is 14.2. The summed E-state index contributed by atoms with van der Waals surface area (Å²) in [5.74, 6) is 0.608. The summed E-state index contributed by atoms with van der Waals surface area (Å²) in [5, 5.41) is 2.53. The second-order valence-corrected chi connectivity index (χ2v) is 7.22. The maximum Gasteiger partial charge on any atom is 0.249 e.